The Bertz CT molecular complexity index is 80.9. The second-order valence-corrected chi connectivity index (χ2v) is 2.67. The Kier molecular flexibility index (Phi) is 4.60. The van der Waals surface area contributed by atoms with Gasteiger partial charge in [-0.3, -0.25) is 5.32 Å². The highest BCUT2D eigenvalue weighted by atomic mass is 15.2. The van der Waals surface area contributed by atoms with E-state index < -0.39 is 5.79 Å². The molecule has 62 valence electrons. The van der Waals surface area contributed by atoms with E-state index in [0.29, 0.717) is 0 Å². The Morgan fingerprint density at radius 1 is 1.30 bits per heavy atom. The van der Waals surface area contributed by atoms with E-state index in [1.165, 1.54) is 6.42 Å². The summed E-state index contributed by atoms with van der Waals surface area (Å²) >= 11 is 0. The number of hydrogen-bond donors (Lipinski definition) is 3. The molecule has 0 amide bonds. The quantitative estimate of drug-likeness (QED) is 0.386. The molecule has 3 nitrogen and oxygen atoms in total. The van der Waals surface area contributed by atoms with Crippen molar-refractivity contribution >= 4 is 0 Å². The highest BCUT2D eigenvalue weighted by Crippen LogP contribution is 1.92. The minimum atomic E-state index is -0.658. The Balaban J connectivity index is 3.28. The van der Waals surface area contributed by atoms with Crippen molar-refractivity contribution in [3.8, 4) is 0 Å². The standard InChI is InChI=1S/C7H19N3/c1-3-5-6-10-7(8,9)4-2/h10H,3-6,8-9H2,1-2H3. The van der Waals surface area contributed by atoms with E-state index in [2.05, 4.69) is 12.2 Å². The molecule has 5 N–H and O–H groups in total. The van der Waals surface area contributed by atoms with Crippen LogP contribution in [0.1, 0.15) is 33.1 Å². The molecule has 0 aliphatic carbocycles. The Labute approximate surface area is 63.2 Å². The zero-order valence-electron chi connectivity index (χ0n) is 6.98. The third-order valence-corrected chi connectivity index (χ3v) is 1.57. The molecule has 0 bridgehead atoms. The second kappa shape index (κ2) is 4.66. The van der Waals surface area contributed by atoms with Gasteiger partial charge in [0.05, 0.1) is 0 Å². The molecule has 0 heterocycles. The molecule has 0 fully saturated rings. The lowest BCUT2D eigenvalue weighted by Crippen LogP contribution is -2.60. The zero-order chi connectivity index (χ0) is 8.04. The van der Waals surface area contributed by atoms with E-state index in [1.54, 1.807) is 0 Å². The van der Waals surface area contributed by atoms with Gasteiger partial charge in [-0.2, -0.15) is 0 Å². The number of hydrogen-bond acceptors (Lipinski definition) is 3. The van der Waals surface area contributed by atoms with Crippen LogP contribution in [0.5, 0.6) is 0 Å². The van der Waals surface area contributed by atoms with E-state index in [1.807, 2.05) is 6.92 Å². The summed E-state index contributed by atoms with van der Waals surface area (Å²) in [5.41, 5.74) is 11.2. The van der Waals surface area contributed by atoms with Gasteiger partial charge < -0.3 is 11.5 Å². The van der Waals surface area contributed by atoms with Gasteiger partial charge >= 0.3 is 0 Å². The molecular weight excluding hydrogens is 126 g/mol. The fourth-order valence-corrected chi connectivity index (χ4v) is 0.623. The van der Waals surface area contributed by atoms with Crippen molar-refractivity contribution in [2.45, 2.75) is 38.9 Å². The van der Waals surface area contributed by atoms with Crippen LogP contribution in [0.25, 0.3) is 0 Å². The van der Waals surface area contributed by atoms with Crippen molar-refractivity contribution in [2.24, 2.45) is 11.5 Å². The normalized spacial score (nSPS) is 12.0. The van der Waals surface area contributed by atoms with Gasteiger partial charge in [-0.15, -0.1) is 0 Å². The summed E-state index contributed by atoms with van der Waals surface area (Å²) in [6.07, 6.45) is 3.07. The molecule has 0 aromatic heterocycles. The molecule has 0 saturated heterocycles. The molecule has 0 aromatic carbocycles. The molecule has 0 aromatic rings. The maximum atomic E-state index is 5.62. The smallest absolute Gasteiger partial charge is 0.118 e. The van der Waals surface area contributed by atoms with Crippen molar-refractivity contribution in [3.63, 3.8) is 0 Å². The van der Waals surface area contributed by atoms with Crippen LogP contribution in [-0.2, 0) is 0 Å². The van der Waals surface area contributed by atoms with Gasteiger partial charge in [0.15, 0.2) is 0 Å². The van der Waals surface area contributed by atoms with Crippen molar-refractivity contribution in [1.29, 1.82) is 0 Å². The summed E-state index contributed by atoms with van der Waals surface area (Å²) in [6.45, 7) is 5.03. The molecule has 0 rings (SSSR count). The summed E-state index contributed by atoms with van der Waals surface area (Å²) < 4.78 is 0. The molecule has 0 atom stereocenters. The van der Waals surface area contributed by atoms with Gasteiger partial charge in [-0.05, 0) is 19.4 Å². The first kappa shape index (κ1) is 9.88. The fourth-order valence-electron chi connectivity index (χ4n) is 0.623. The van der Waals surface area contributed by atoms with Crippen LogP contribution in [0.3, 0.4) is 0 Å². The summed E-state index contributed by atoms with van der Waals surface area (Å²) in [7, 11) is 0. The van der Waals surface area contributed by atoms with E-state index in [-0.39, 0.29) is 0 Å². The summed E-state index contributed by atoms with van der Waals surface area (Å²) in [4.78, 5) is 0. The van der Waals surface area contributed by atoms with E-state index >= 15 is 0 Å². The third-order valence-electron chi connectivity index (χ3n) is 1.57. The van der Waals surface area contributed by atoms with Crippen LogP contribution in [0.15, 0.2) is 0 Å². The van der Waals surface area contributed by atoms with Crippen molar-refractivity contribution in [2.75, 3.05) is 6.54 Å². The maximum Gasteiger partial charge on any atom is 0.118 e. The Morgan fingerprint density at radius 3 is 2.30 bits per heavy atom. The molecule has 0 aliphatic heterocycles. The van der Waals surface area contributed by atoms with Gasteiger partial charge in [0, 0.05) is 0 Å². The lowest BCUT2D eigenvalue weighted by Gasteiger charge is -2.23. The summed E-state index contributed by atoms with van der Waals surface area (Å²) in [5, 5.41) is 3.07. The second-order valence-electron chi connectivity index (χ2n) is 2.67. The molecular formula is C7H19N3. The average molecular weight is 145 g/mol. The molecule has 0 spiro atoms. The van der Waals surface area contributed by atoms with Crippen molar-refractivity contribution in [3.05, 3.63) is 0 Å². The summed E-state index contributed by atoms with van der Waals surface area (Å²) in [6, 6.07) is 0. The summed E-state index contributed by atoms with van der Waals surface area (Å²) in [5.74, 6) is -0.658. The van der Waals surface area contributed by atoms with Crippen LogP contribution in [-0.4, -0.2) is 12.3 Å². The van der Waals surface area contributed by atoms with Gasteiger partial charge in [0.1, 0.15) is 5.79 Å². The van der Waals surface area contributed by atoms with E-state index in [0.717, 1.165) is 19.4 Å². The van der Waals surface area contributed by atoms with Gasteiger partial charge in [0.25, 0.3) is 0 Å². The fraction of sp³-hybridized carbons (Fsp3) is 1.00. The lowest BCUT2D eigenvalue weighted by atomic mass is 10.2. The maximum absolute atomic E-state index is 5.62. The zero-order valence-corrected chi connectivity index (χ0v) is 6.98. The van der Waals surface area contributed by atoms with Crippen LogP contribution in [0.2, 0.25) is 0 Å². The van der Waals surface area contributed by atoms with E-state index in [4.69, 9.17) is 11.5 Å². The average Bonchev–Trinajstić information content (AvgIpc) is 1.89. The minimum Gasteiger partial charge on any atom is -0.301 e. The minimum absolute atomic E-state index is 0.658. The topological polar surface area (TPSA) is 64.1 Å². The largest absolute Gasteiger partial charge is 0.301 e. The highest BCUT2D eigenvalue weighted by Gasteiger charge is 2.12. The molecule has 10 heavy (non-hydrogen) atoms. The molecule has 0 unspecified atom stereocenters. The van der Waals surface area contributed by atoms with Gasteiger partial charge in [-0.1, -0.05) is 20.3 Å². The van der Waals surface area contributed by atoms with Crippen molar-refractivity contribution < 1.29 is 0 Å². The van der Waals surface area contributed by atoms with E-state index in [9.17, 15) is 0 Å². The number of rotatable bonds is 5. The first-order valence-electron chi connectivity index (χ1n) is 3.95. The third kappa shape index (κ3) is 4.73. The van der Waals surface area contributed by atoms with Crippen LogP contribution >= 0.6 is 0 Å². The molecule has 0 saturated carbocycles. The van der Waals surface area contributed by atoms with Crippen LogP contribution < -0.4 is 16.8 Å². The predicted molar refractivity (Wildman–Crippen MR) is 44.3 cm³/mol. The number of nitrogens with one attached hydrogen (secondary N) is 1. The molecule has 0 radical (unpaired) electrons. The molecule has 3 heteroatoms. The van der Waals surface area contributed by atoms with Crippen molar-refractivity contribution in [1.82, 2.24) is 5.32 Å². The predicted octanol–water partition coefficient (Wildman–Crippen LogP) is 0.357. The SMILES string of the molecule is CCCCNC(N)(N)CC. The first-order valence-corrected chi connectivity index (χ1v) is 3.95. The van der Waals surface area contributed by atoms with Crippen LogP contribution in [0.4, 0.5) is 0 Å². The monoisotopic (exact) mass is 145 g/mol. The lowest BCUT2D eigenvalue weighted by molar-refractivity contribution is 0.333. The van der Waals surface area contributed by atoms with Crippen LogP contribution in [0, 0.1) is 0 Å². The van der Waals surface area contributed by atoms with Gasteiger partial charge in [-0.25, -0.2) is 0 Å². The number of unbranched alkanes of at least 4 members (excludes halogenated alkanes) is 1. The first-order chi connectivity index (χ1) is 4.62. The van der Waals surface area contributed by atoms with Gasteiger partial charge in [0.2, 0.25) is 0 Å². The Morgan fingerprint density at radius 2 is 1.90 bits per heavy atom. The Hall–Kier alpha value is -0.120. The number of nitrogens with two attached hydrogens (primary N) is 2. The molecule has 0 aliphatic rings. The highest BCUT2D eigenvalue weighted by molar-refractivity contribution is 4.70.